The molecule has 0 saturated heterocycles. The molecule has 5 rings (SSSR count). The number of aromatic nitrogens is 3. The van der Waals surface area contributed by atoms with Crippen molar-refractivity contribution in [2.75, 3.05) is 7.11 Å². The van der Waals surface area contributed by atoms with Crippen molar-refractivity contribution in [1.29, 1.82) is 0 Å². The van der Waals surface area contributed by atoms with E-state index in [4.69, 9.17) is 14.1 Å². The molecule has 4 aromatic rings. The minimum atomic E-state index is -0.495. The van der Waals surface area contributed by atoms with Gasteiger partial charge in [0.1, 0.15) is 22.9 Å². The van der Waals surface area contributed by atoms with Crippen molar-refractivity contribution in [2.24, 2.45) is 0 Å². The highest BCUT2D eigenvalue weighted by Crippen LogP contribution is 2.37. The van der Waals surface area contributed by atoms with Crippen LogP contribution in [0.3, 0.4) is 0 Å². The third-order valence-corrected chi connectivity index (χ3v) is 5.71. The molecule has 1 aliphatic rings. The van der Waals surface area contributed by atoms with Crippen LogP contribution in [0, 0.1) is 6.92 Å². The van der Waals surface area contributed by atoms with Crippen molar-refractivity contribution >= 4 is 0 Å². The van der Waals surface area contributed by atoms with Crippen LogP contribution in [0.15, 0.2) is 45.6 Å². The molecule has 1 aromatic carbocycles. The number of methoxy groups -OCH3 is 1. The number of ether oxygens (including phenoxy) is 1. The van der Waals surface area contributed by atoms with Crippen LogP contribution in [0.25, 0.3) is 34.2 Å². The number of imidazole rings is 1. The molecule has 1 aliphatic carbocycles. The first kappa shape index (κ1) is 19.2. The normalized spacial score (nSPS) is 13.2. The molecule has 0 bridgehead atoms. The SMILES string of the molecule is COc1ccc(-c2nc(-c3cc4c([nH]3)CCCC4)[nH]c2-c2oc(C)cc(=O)c2O)cc1. The van der Waals surface area contributed by atoms with Crippen molar-refractivity contribution in [3.05, 3.63) is 63.6 Å². The maximum absolute atomic E-state index is 12.2. The zero-order valence-corrected chi connectivity index (χ0v) is 17.4. The average Bonchev–Trinajstić information content (AvgIpc) is 3.41. The number of fused-ring (bicyclic) bond motifs is 1. The van der Waals surface area contributed by atoms with Gasteiger partial charge in [0, 0.05) is 17.3 Å². The summed E-state index contributed by atoms with van der Waals surface area (Å²) in [5.41, 5.74) is 4.78. The van der Waals surface area contributed by atoms with E-state index in [-0.39, 0.29) is 5.76 Å². The lowest BCUT2D eigenvalue weighted by molar-refractivity contribution is 0.415. The van der Waals surface area contributed by atoms with Crippen LogP contribution in [0.4, 0.5) is 0 Å². The first-order chi connectivity index (χ1) is 15.0. The Morgan fingerprint density at radius 2 is 1.87 bits per heavy atom. The van der Waals surface area contributed by atoms with Crippen LogP contribution in [0.5, 0.6) is 11.5 Å². The molecule has 3 heterocycles. The van der Waals surface area contributed by atoms with E-state index < -0.39 is 11.2 Å². The summed E-state index contributed by atoms with van der Waals surface area (Å²) in [7, 11) is 1.61. The number of benzene rings is 1. The standard InChI is InChI=1S/C24H23N3O4/c1-13-11-19(28)22(29)23(31-13)21-20(14-7-9-16(30-2)10-8-14)26-24(27-21)18-12-15-5-3-4-6-17(15)25-18/h7-12,25,29H,3-6H2,1-2H3,(H,26,27). The van der Waals surface area contributed by atoms with Gasteiger partial charge in [-0.2, -0.15) is 0 Å². The molecule has 3 aromatic heterocycles. The van der Waals surface area contributed by atoms with Gasteiger partial charge in [0.15, 0.2) is 11.6 Å². The lowest BCUT2D eigenvalue weighted by Crippen LogP contribution is -2.01. The van der Waals surface area contributed by atoms with Crippen molar-refractivity contribution in [1.82, 2.24) is 15.0 Å². The Hall–Kier alpha value is -3.74. The number of hydrogen-bond acceptors (Lipinski definition) is 5. The molecule has 0 spiro atoms. The van der Waals surface area contributed by atoms with Gasteiger partial charge < -0.3 is 24.2 Å². The van der Waals surface area contributed by atoms with Crippen LogP contribution in [-0.4, -0.2) is 27.2 Å². The van der Waals surface area contributed by atoms with Gasteiger partial charge in [-0.1, -0.05) is 0 Å². The monoisotopic (exact) mass is 417 g/mol. The Balaban J connectivity index is 1.70. The molecule has 7 heteroatoms. The molecule has 0 fully saturated rings. The van der Waals surface area contributed by atoms with Crippen LogP contribution in [0.1, 0.15) is 29.9 Å². The largest absolute Gasteiger partial charge is 0.501 e. The Bertz CT molecular complexity index is 1290. The molecule has 0 atom stereocenters. The van der Waals surface area contributed by atoms with Gasteiger partial charge in [0.05, 0.1) is 12.8 Å². The van der Waals surface area contributed by atoms with E-state index in [1.54, 1.807) is 14.0 Å². The molecule has 158 valence electrons. The number of aromatic hydroxyl groups is 1. The average molecular weight is 417 g/mol. The molecule has 7 nitrogen and oxygen atoms in total. The summed E-state index contributed by atoms with van der Waals surface area (Å²) in [4.78, 5) is 23.8. The third kappa shape index (κ3) is 3.42. The van der Waals surface area contributed by atoms with E-state index in [0.717, 1.165) is 29.8 Å². The Kier molecular flexibility index (Phi) is 4.66. The van der Waals surface area contributed by atoms with E-state index in [1.165, 1.54) is 30.2 Å². The number of aromatic amines is 2. The van der Waals surface area contributed by atoms with Gasteiger partial charge in [0.2, 0.25) is 11.2 Å². The first-order valence-electron chi connectivity index (χ1n) is 10.3. The van der Waals surface area contributed by atoms with Crippen LogP contribution in [0.2, 0.25) is 0 Å². The van der Waals surface area contributed by atoms with Crippen LogP contribution in [-0.2, 0) is 12.8 Å². The predicted octanol–water partition coefficient (Wildman–Crippen LogP) is 4.59. The maximum atomic E-state index is 12.2. The van der Waals surface area contributed by atoms with Gasteiger partial charge in [-0.05, 0) is 68.5 Å². The third-order valence-electron chi connectivity index (χ3n) is 5.71. The van der Waals surface area contributed by atoms with E-state index in [0.29, 0.717) is 23.0 Å². The highest BCUT2D eigenvalue weighted by atomic mass is 16.5. The van der Waals surface area contributed by atoms with Crippen LogP contribution >= 0.6 is 0 Å². The molecule has 3 N–H and O–H groups in total. The molecule has 31 heavy (non-hydrogen) atoms. The number of nitrogens with zero attached hydrogens (tertiary/aromatic N) is 1. The maximum Gasteiger partial charge on any atom is 0.227 e. The Labute approximate surface area is 178 Å². The number of hydrogen-bond donors (Lipinski definition) is 3. The van der Waals surface area contributed by atoms with E-state index in [9.17, 15) is 9.90 Å². The molecule has 0 unspecified atom stereocenters. The van der Waals surface area contributed by atoms with Gasteiger partial charge in [0.25, 0.3) is 0 Å². The molecule has 0 saturated carbocycles. The number of nitrogens with one attached hydrogen (secondary N) is 2. The van der Waals surface area contributed by atoms with Crippen molar-refractivity contribution in [3.63, 3.8) is 0 Å². The quantitative estimate of drug-likeness (QED) is 0.450. The number of H-pyrrole nitrogens is 2. The fraction of sp³-hybridized carbons (Fsp3) is 0.250. The predicted molar refractivity (Wildman–Crippen MR) is 117 cm³/mol. The lowest BCUT2D eigenvalue weighted by Gasteiger charge is -2.08. The highest BCUT2D eigenvalue weighted by molar-refractivity contribution is 5.81. The summed E-state index contributed by atoms with van der Waals surface area (Å²) in [6, 6.07) is 10.8. The summed E-state index contributed by atoms with van der Waals surface area (Å²) in [6.45, 7) is 1.67. The molecule has 0 radical (unpaired) electrons. The summed E-state index contributed by atoms with van der Waals surface area (Å²) in [5, 5.41) is 10.5. The summed E-state index contributed by atoms with van der Waals surface area (Å²) >= 11 is 0. The highest BCUT2D eigenvalue weighted by Gasteiger charge is 2.23. The zero-order valence-electron chi connectivity index (χ0n) is 17.4. The van der Waals surface area contributed by atoms with Crippen LogP contribution < -0.4 is 10.2 Å². The second-order valence-corrected chi connectivity index (χ2v) is 7.83. The molecular weight excluding hydrogens is 394 g/mol. The zero-order chi connectivity index (χ0) is 21.5. The van der Waals surface area contributed by atoms with Crippen molar-refractivity contribution < 1.29 is 14.3 Å². The summed E-state index contributed by atoms with van der Waals surface area (Å²) < 4.78 is 11.0. The molecular formula is C24H23N3O4. The van der Waals surface area contributed by atoms with E-state index >= 15 is 0 Å². The molecule has 0 aliphatic heterocycles. The van der Waals surface area contributed by atoms with Gasteiger partial charge in [-0.3, -0.25) is 4.79 Å². The Morgan fingerprint density at radius 3 is 2.61 bits per heavy atom. The summed E-state index contributed by atoms with van der Waals surface area (Å²) in [5.74, 6) is 1.39. The minimum Gasteiger partial charge on any atom is -0.501 e. The fourth-order valence-electron chi connectivity index (χ4n) is 4.13. The minimum absolute atomic E-state index is 0.0749. The first-order valence-corrected chi connectivity index (χ1v) is 10.3. The number of aryl methyl sites for hydroxylation is 3. The van der Waals surface area contributed by atoms with Crippen molar-refractivity contribution in [3.8, 4) is 45.7 Å². The fourth-order valence-corrected chi connectivity index (χ4v) is 4.13. The van der Waals surface area contributed by atoms with Gasteiger partial charge >= 0.3 is 0 Å². The second-order valence-electron chi connectivity index (χ2n) is 7.83. The smallest absolute Gasteiger partial charge is 0.227 e. The van der Waals surface area contributed by atoms with Crippen molar-refractivity contribution in [2.45, 2.75) is 32.6 Å². The lowest BCUT2D eigenvalue weighted by atomic mass is 9.98. The van der Waals surface area contributed by atoms with E-state index in [1.807, 2.05) is 24.3 Å². The summed E-state index contributed by atoms with van der Waals surface area (Å²) in [6.07, 6.45) is 4.45. The topological polar surface area (TPSA) is 104 Å². The Morgan fingerprint density at radius 1 is 1.10 bits per heavy atom. The number of rotatable bonds is 4. The molecule has 0 amide bonds. The second kappa shape index (κ2) is 7.50. The van der Waals surface area contributed by atoms with E-state index in [2.05, 4.69) is 16.0 Å². The van der Waals surface area contributed by atoms with Gasteiger partial charge in [-0.25, -0.2) is 4.98 Å². The van der Waals surface area contributed by atoms with Gasteiger partial charge in [-0.15, -0.1) is 0 Å².